The topological polar surface area (TPSA) is 52.5 Å². The molecule has 0 aliphatic rings. The van der Waals surface area contributed by atoms with Crippen molar-refractivity contribution in [1.29, 1.82) is 0 Å². The molecule has 1 aromatic rings. The van der Waals surface area contributed by atoms with Gasteiger partial charge >= 0.3 is 0 Å². The lowest BCUT2D eigenvalue weighted by Gasteiger charge is -1.99. The second kappa shape index (κ2) is 4.52. The molecule has 0 radical (unpaired) electrons. The van der Waals surface area contributed by atoms with Crippen LogP contribution in [0.5, 0.6) is 11.5 Å². The van der Waals surface area contributed by atoms with Crippen molar-refractivity contribution in [2.75, 3.05) is 13.6 Å². The number of hydrogen-bond donors (Lipinski definition) is 3. The van der Waals surface area contributed by atoms with Gasteiger partial charge in [0.2, 0.25) is 0 Å². The first-order valence-electron chi connectivity index (χ1n) is 4.07. The van der Waals surface area contributed by atoms with E-state index in [-0.39, 0.29) is 11.5 Å². The summed E-state index contributed by atoms with van der Waals surface area (Å²) in [5, 5.41) is 21.4. The van der Waals surface area contributed by atoms with E-state index in [9.17, 15) is 5.11 Å². The Morgan fingerprint density at radius 2 is 2.15 bits per heavy atom. The van der Waals surface area contributed by atoms with Crippen LogP contribution >= 0.6 is 0 Å². The van der Waals surface area contributed by atoms with Crippen LogP contribution in [0.3, 0.4) is 0 Å². The van der Waals surface area contributed by atoms with Crippen molar-refractivity contribution in [3.05, 3.63) is 29.8 Å². The molecule has 0 aromatic heterocycles. The van der Waals surface area contributed by atoms with E-state index in [0.29, 0.717) is 5.56 Å². The van der Waals surface area contributed by atoms with Gasteiger partial charge in [0.15, 0.2) is 0 Å². The van der Waals surface area contributed by atoms with Crippen LogP contribution in [0.1, 0.15) is 5.56 Å². The molecule has 70 valence electrons. The Morgan fingerprint density at radius 1 is 1.38 bits per heavy atom. The maximum Gasteiger partial charge on any atom is 0.123 e. The molecule has 0 atom stereocenters. The molecule has 0 aliphatic carbocycles. The van der Waals surface area contributed by atoms with Crippen molar-refractivity contribution in [2.45, 2.75) is 0 Å². The molecule has 0 saturated carbocycles. The molecular weight excluding hydrogens is 166 g/mol. The van der Waals surface area contributed by atoms with Gasteiger partial charge in [-0.2, -0.15) is 0 Å². The first-order chi connectivity index (χ1) is 6.24. The van der Waals surface area contributed by atoms with Crippen molar-refractivity contribution in [1.82, 2.24) is 5.32 Å². The predicted molar refractivity (Wildman–Crippen MR) is 52.7 cm³/mol. The summed E-state index contributed by atoms with van der Waals surface area (Å²) < 4.78 is 0. The number of phenols is 2. The minimum absolute atomic E-state index is 0.155. The third-order valence-electron chi connectivity index (χ3n) is 1.63. The number of nitrogens with one attached hydrogen (secondary N) is 1. The molecule has 1 rings (SSSR count). The molecule has 0 spiro atoms. The minimum Gasteiger partial charge on any atom is -0.508 e. The highest BCUT2D eigenvalue weighted by atomic mass is 16.3. The summed E-state index contributed by atoms with van der Waals surface area (Å²) in [6.45, 7) is 0.731. The van der Waals surface area contributed by atoms with Crippen LogP contribution in [0.4, 0.5) is 0 Å². The maximum absolute atomic E-state index is 9.35. The lowest BCUT2D eigenvalue weighted by atomic mass is 10.2. The highest BCUT2D eigenvalue weighted by molar-refractivity contribution is 5.58. The molecule has 3 nitrogen and oxygen atoms in total. The molecule has 13 heavy (non-hydrogen) atoms. The summed E-state index contributed by atoms with van der Waals surface area (Å²) in [4.78, 5) is 0. The van der Waals surface area contributed by atoms with Gasteiger partial charge in [-0.15, -0.1) is 0 Å². The summed E-state index contributed by atoms with van der Waals surface area (Å²) in [6, 6.07) is 4.43. The number of aromatic hydroxyl groups is 2. The Balaban J connectivity index is 2.81. The van der Waals surface area contributed by atoms with Gasteiger partial charge in [-0.3, -0.25) is 0 Å². The van der Waals surface area contributed by atoms with Crippen molar-refractivity contribution in [3.63, 3.8) is 0 Å². The molecule has 0 heterocycles. The maximum atomic E-state index is 9.35. The van der Waals surface area contributed by atoms with Gasteiger partial charge in [-0.1, -0.05) is 12.2 Å². The van der Waals surface area contributed by atoms with E-state index >= 15 is 0 Å². The lowest BCUT2D eigenvalue weighted by Crippen LogP contribution is -2.03. The fraction of sp³-hybridized carbons (Fsp3) is 0.200. The number of likely N-dealkylation sites (N-methyl/N-ethyl adjacent to an activating group) is 1. The largest absolute Gasteiger partial charge is 0.508 e. The molecule has 0 fully saturated rings. The van der Waals surface area contributed by atoms with Crippen LogP contribution in [0.2, 0.25) is 0 Å². The van der Waals surface area contributed by atoms with E-state index in [1.807, 2.05) is 13.1 Å². The van der Waals surface area contributed by atoms with E-state index in [1.54, 1.807) is 6.08 Å². The Bertz CT molecular complexity index is 308. The van der Waals surface area contributed by atoms with Crippen LogP contribution in [-0.2, 0) is 0 Å². The number of phenolic OH excluding ortho intramolecular Hbond substituents is 2. The van der Waals surface area contributed by atoms with Gasteiger partial charge in [0.05, 0.1) is 0 Å². The van der Waals surface area contributed by atoms with Crippen molar-refractivity contribution in [2.24, 2.45) is 0 Å². The van der Waals surface area contributed by atoms with Crippen molar-refractivity contribution < 1.29 is 10.2 Å². The van der Waals surface area contributed by atoms with Crippen LogP contribution in [0.15, 0.2) is 24.3 Å². The molecule has 0 unspecified atom stereocenters. The van der Waals surface area contributed by atoms with Gasteiger partial charge in [0, 0.05) is 12.1 Å². The van der Waals surface area contributed by atoms with Gasteiger partial charge in [-0.25, -0.2) is 0 Å². The molecule has 0 saturated heterocycles. The summed E-state index contributed by atoms with van der Waals surface area (Å²) in [7, 11) is 1.84. The molecule has 0 amide bonds. The van der Waals surface area contributed by atoms with Crippen LogP contribution in [0, 0.1) is 0 Å². The summed E-state index contributed by atoms with van der Waals surface area (Å²) in [5.41, 5.74) is 0.621. The number of benzene rings is 1. The Morgan fingerprint density at radius 3 is 2.85 bits per heavy atom. The lowest BCUT2D eigenvalue weighted by molar-refractivity contribution is 0.459. The quantitative estimate of drug-likeness (QED) is 0.613. The van der Waals surface area contributed by atoms with Gasteiger partial charge in [-0.05, 0) is 25.2 Å². The van der Waals surface area contributed by atoms with Crippen LogP contribution in [-0.4, -0.2) is 23.8 Å². The minimum atomic E-state index is 0.155. The predicted octanol–water partition coefficient (Wildman–Crippen LogP) is 1.33. The second-order valence-electron chi connectivity index (χ2n) is 2.70. The molecule has 3 N–H and O–H groups in total. The highest BCUT2D eigenvalue weighted by Crippen LogP contribution is 2.22. The average Bonchev–Trinajstić information content (AvgIpc) is 2.11. The van der Waals surface area contributed by atoms with Crippen LogP contribution in [0.25, 0.3) is 6.08 Å². The van der Waals surface area contributed by atoms with Gasteiger partial charge < -0.3 is 15.5 Å². The van der Waals surface area contributed by atoms with E-state index in [1.165, 1.54) is 18.2 Å². The van der Waals surface area contributed by atoms with E-state index in [2.05, 4.69) is 5.32 Å². The summed E-state index contributed by atoms with van der Waals surface area (Å²) in [5.74, 6) is 0.326. The van der Waals surface area contributed by atoms with Crippen molar-refractivity contribution >= 4 is 6.08 Å². The van der Waals surface area contributed by atoms with Gasteiger partial charge in [0.25, 0.3) is 0 Å². The molecule has 3 heteroatoms. The SMILES string of the molecule is CNCC=Cc1cc(O)ccc1O. The van der Waals surface area contributed by atoms with Gasteiger partial charge in [0.1, 0.15) is 11.5 Å². The normalized spacial score (nSPS) is 10.8. The Labute approximate surface area is 77.3 Å². The zero-order valence-electron chi connectivity index (χ0n) is 7.49. The molecule has 0 bridgehead atoms. The Hall–Kier alpha value is -1.48. The molecule has 1 aromatic carbocycles. The third-order valence-corrected chi connectivity index (χ3v) is 1.63. The summed E-state index contributed by atoms with van der Waals surface area (Å²) in [6.07, 6.45) is 3.63. The van der Waals surface area contributed by atoms with E-state index < -0.39 is 0 Å². The van der Waals surface area contributed by atoms with Crippen molar-refractivity contribution in [3.8, 4) is 11.5 Å². The molecular formula is C10H13NO2. The average molecular weight is 179 g/mol. The van der Waals surface area contributed by atoms with E-state index in [0.717, 1.165) is 6.54 Å². The molecule has 0 aliphatic heterocycles. The van der Waals surface area contributed by atoms with E-state index in [4.69, 9.17) is 5.11 Å². The first-order valence-corrected chi connectivity index (χ1v) is 4.07. The standard InChI is InChI=1S/C10H13NO2/c1-11-6-2-3-8-7-9(12)4-5-10(8)13/h2-5,7,11-13H,6H2,1H3. The number of rotatable bonds is 3. The fourth-order valence-electron chi connectivity index (χ4n) is 0.979. The second-order valence-corrected chi connectivity index (χ2v) is 2.70. The zero-order chi connectivity index (χ0) is 9.68. The monoisotopic (exact) mass is 179 g/mol. The number of hydrogen-bond acceptors (Lipinski definition) is 3. The van der Waals surface area contributed by atoms with Crippen LogP contribution < -0.4 is 5.32 Å². The Kier molecular flexibility index (Phi) is 3.34. The summed E-state index contributed by atoms with van der Waals surface area (Å²) >= 11 is 0. The zero-order valence-corrected chi connectivity index (χ0v) is 7.49. The highest BCUT2D eigenvalue weighted by Gasteiger charge is 1.97. The third kappa shape index (κ3) is 2.80. The smallest absolute Gasteiger partial charge is 0.123 e. The first kappa shape index (κ1) is 9.61. The fourth-order valence-corrected chi connectivity index (χ4v) is 0.979.